The van der Waals surface area contributed by atoms with Crippen LogP contribution in [0.2, 0.25) is 0 Å². The largest absolute Gasteiger partial charge is 0.506 e. The zero-order valence-electron chi connectivity index (χ0n) is 13.9. The average molecular weight is 472 g/mol. The predicted molar refractivity (Wildman–Crippen MR) is 110 cm³/mol. The summed E-state index contributed by atoms with van der Waals surface area (Å²) in [6.45, 7) is -0.0771. The van der Waals surface area contributed by atoms with Crippen LogP contribution in [-0.4, -0.2) is 20.3 Å². The smallest absolute Gasteiger partial charge is 0.274 e. The number of aromatic hydroxyl groups is 1. The Bertz CT molecular complexity index is 1160. The van der Waals surface area contributed by atoms with Gasteiger partial charge in [-0.1, -0.05) is 30.3 Å². The van der Waals surface area contributed by atoms with Crippen molar-refractivity contribution < 1.29 is 14.6 Å². The van der Waals surface area contributed by atoms with Gasteiger partial charge in [0.25, 0.3) is 5.56 Å². The molecule has 0 bridgehead atoms. The number of hydrogen-bond acceptors (Lipinski definition) is 5. The first-order valence-electron chi connectivity index (χ1n) is 7.88. The Morgan fingerprint density at radius 2 is 2.04 bits per heavy atom. The number of halogens is 1. The molecule has 0 atom stereocenters. The van der Waals surface area contributed by atoms with E-state index in [1.54, 1.807) is 48.5 Å². The number of carbonyl (C=O) groups excluding carboxylic acids is 1. The summed E-state index contributed by atoms with van der Waals surface area (Å²) in [6.07, 6.45) is 2.75. The van der Waals surface area contributed by atoms with Crippen molar-refractivity contribution in [3.05, 3.63) is 76.1 Å². The van der Waals surface area contributed by atoms with Gasteiger partial charge in [-0.05, 0) is 35.9 Å². The highest BCUT2D eigenvalue weighted by molar-refractivity contribution is 14.1. The number of carbonyl (C=O) groups is 1. The Labute approximate surface area is 168 Å². The average Bonchev–Trinajstić information content (AvgIpc) is 2.69. The molecular weight excluding hydrogens is 459 g/mol. The van der Waals surface area contributed by atoms with Crippen LogP contribution in [0.3, 0.4) is 0 Å². The van der Waals surface area contributed by atoms with Crippen LogP contribution in [0.4, 0.5) is 0 Å². The molecule has 0 aliphatic rings. The van der Waals surface area contributed by atoms with Crippen molar-refractivity contribution in [3.63, 3.8) is 0 Å². The van der Waals surface area contributed by atoms with Gasteiger partial charge >= 0.3 is 0 Å². The first-order chi connectivity index (χ1) is 13.0. The summed E-state index contributed by atoms with van der Waals surface area (Å²) in [5.74, 6) is -0.435. The van der Waals surface area contributed by atoms with Gasteiger partial charge in [0.15, 0.2) is 12.4 Å². The molecule has 0 saturated heterocycles. The topological polar surface area (TPSA) is 92.3 Å². The molecule has 1 N–H and O–H groups in total. The minimum absolute atomic E-state index is 0.0771. The highest BCUT2D eigenvalue weighted by Crippen LogP contribution is 2.27. The van der Waals surface area contributed by atoms with Gasteiger partial charge < -0.3 is 9.84 Å². The second-order valence-electron chi connectivity index (χ2n) is 5.54. The van der Waals surface area contributed by atoms with Gasteiger partial charge in [-0.15, -0.1) is 0 Å². The van der Waals surface area contributed by atoms with Gasteiger partial charge in [-0.2, -0.15) is 5.26 Å². The van der Waals surface area contributed by atoms with Crippen molar-refractivity contribution in [1.29, 1.82) is 5.26 Å². The van der Waals surface area contributed by atoms with Crippen molar-refractivity contribution in [1.82, 2.24) is 2.78 Å². The van der Waals surface area contributed by atoms with Gasteiger partial charge in [-0.3, -0.25) is 9.59 Å². The zero-order valence-corrected chi connectivity index (χ0v) is 16.1. The van der Waals surface area contributed by atoms with Gasteiger partial charge in [0.05, 0.1) is 28.4 Å². The highest BCUT2D eigenvalue weighted by Gasteiger charge is 2.19. The maximum absolute atomic E-state index is 12.6. The number of nitriles is 1. The van der Waals surface area contributed by atoms with Crippen molar-refractivity contribution >= 4 is 45.6 Å². The number of nitrogens with zero attached hydrogens (tertiary/aromatic N) is 2. The number of para-hydroxylation sites is 1. The van der Waals surface area contributed by atoms with Crippen molar-refractivity contribution in [2.24, 2.45) is 0 Å². The molecule has 0 saturated carbocycles. The number of fused-ring (bicyclic) bond motifs is 1. The van der Waals surface area contributed by atoms with Crippen LogP contribution in [0.15, 0.2) is 59.4 Å². The number of benzene rings is 2. The number of rotatable bonds is 5. The number of aromatic nitrogens is 1. The molecular formula is C20H13IN2O4. The fourth-order valence-electron chi connectivity index (χ4n) is 2.59. The molecule has 0 aliphatic carbocycles. The Morgan fingerprint density at radius 1 is 1.26 bits per heavy atom. The minimum atomic E-state index is -0.600. The van der Waals surface area contributed by atoms with Crippen LogP contribution in [0.25, 0.3) is 17.0 Å². The van der Waals surface area contributed by atoms with Crippen LogP contribution in [0.5, 0.6) is 11.5 Å². The molecule has 0 amide bonds. The third kappa shape index (κ3) is 3.85. The molecule has 1 aromatic heterocycles. The summed E-state index contributed by atoms with van der Waals surface area (Å²) < 4.78 is 6.52. The standard InChI is InChI=1S/C20H13IN2O4/c21-23-16-7-2-1-6-15(16)19(25)18(20(23)26)17(24)9-8-13-4-3-5-14(12-13)27-11-10-22/h1-9,12,25H,11H2/b9-8+. The lowest BCUT2D eigenvalue weighted by Gasteiger charge is -2.08. The molecule has 0 aliphatic heterocycles. The van der Waals surface area contributed by atoms with E-state index < -0.39 is 11.3 Å². The summed E-state index contributed by atoms with van der Waals surface area (Å²) in [6, 6.07) is 15.5. The molecule has 0 radical (unpaired) electrons. The summed E-state index contributed by atoms with van der Waals surface area (Å²) >= 11 is 1.81. The third-order valence-corrected chi connectivity index (χ3v) is 4.79. The van der Waals surface area contributed by atoms with Crippen molar-refractivity contribution in [2.75, 3.05) is 6.61 Å². The molecule has 1 heterocycles. The second-order valence-corrected chi connectivity index (χ2v) is 6.51. The molecule has 3 aromatic rings. The number of ether oxygens (including phenoxy) is 1. The van der Waals surface area contributed by atoms with E-state index in [2.05, 4.69) is 0 Å². The van der Waals surface area contributed by atoms with Crippen LogP contribution in [-0.2, 0) is 0 Å². The molecule has 27 heavy (non-hydrogen) atoms. The van der Waals surface area contributed by atoms with Gasteiger partial charge in [0.2, 0.25) is 0 Å². The van der Waals surface area contributed by atoms with Crippen molar-refractivity contribution in [3.8, 4) is 17.6 Å². The van der Waals surface area contributed by atoms with Crippen LogP contribution in [0.1, 0.15) is 15.9 Å². The molecule has 0 unspecified atom stereocenters. The first-order valence-corrected chi connectivity index (χ1v) is 8.84. The second kappa shape index (κ2) is 8.05. The number of hydrogen-bond donors (Lipinski definition) is 1. The maximum atomic E-state index is 12.6. The minimum Gasteiger partial charge on any atom is -0.506 e. The van der Waals surface area contributed by atoms with Gasteiger partial charge in [0, 0.05) is 5.39 Å². The quantitative estimate of drug-likeness (QED) is 0.348. The van der Waals surface area contributed by atoms with E-state index in [9.17, 15) is 14.7 Å². The predicted octanol–water partition coefficient (Wildman–Crippen LogP) is 3.70. The molecule has 134 valence electrons. The molecule has 6 nitrogen and oxygen atoms in total. The first kappa shape index (κ1) is 18.7. The van der Waals surface area contributed by atoms with Crippen LogP contribution >= 0.6 is 22.9 Å². The molecule has 0 fully saturated rings. The van der Waals surface area contributed by atoms with E-state index in [0.29, 0.717) is 22.2 Å². The van der Waals surface area contributed by atoms with Gasteiger partial charge in [0.1, 0.15) is 23.1 Å². The van der Waals surface area contributed by atoms with Crippen molar-refractivity contribution in [2.45, 2.75) is 0 Å². The molecule has 7 heteroatoms. The van der Waals surface area contributed by atoms with E-state index in [1.165, 1.54) is 14.9 Å². The maximum Gasteiger partial charge on any atom is 0.274 e. The fourth-order valence-corrected chi connectivity index (χ4v) is 3.25. The number of allylic oxidation sites excluding steroid dienone is 1. The summed E-state index contributed by atoms with van der Waals surface area (Å²) in [5.41, 5.74) is 0.334. The zero-order chi connectivity index (χ0) is 19.4. The Balaban J connectivity index is 1.97. The lowest BCUT2D eigenvalue weighted by molar-refractivity contribution is 0.104. The highest BCUT2D eigenvalue weighted by atomic mass is 127. The normalized spacial score (nSPS) is 10.8. The Kier molecular flexibility index (Phi) is 5.57. The molecule has 3 rings (SSSR count). The Morgan fingerprint density at radius 3 is 2.81 bits per heavy atom. The lowest BCUT2D eigenvalue weighted by atomic mass is 10.1. The van der Waals surface area contributed by atoms with E-state index in [0.717, 1.165) is 0 Å². The summed E-state index contributed by atoms with van der Waals surface area (Å²) in [7, 11) is 0. The van der Waals surface area contributed by atoms with E-state index in [1.807, 2.05) is 28.9 Å². The summed E-state index contributed by atoms with van der Waals surface area (Å²) in [5, 5.41) is 19.4. The monoisotopic (exact) mass is 472 g/mol. The van der Waals surface area contributed by atoms with E-state index >= 15 is 0 Å². The molecule has 0 spiro atoms. The number of ketones is 1. The summed E-state index contributed by atoms with van der Waals surface area (Å²) in [4.78, 5) is 25.1. The lowest BCUT2D eigenvalue weighted by Crippen LogP contribution is -2.21. The van der Waals surface area contributed by atoms with Crippen LogP contribution < -0.4 is 10.3 Å². The van der Waals surface area contributed by atoms with E-state index in [-0.39, 0.29) is 17.9 Å². The molecule has 2 aromatic carbocycles. The number of pyridine rings is 1. The van der Waals surface area contributed by atoms with E-state index in [4.69, 9.17) is 10.00 Å². The SMILES string of the molecule is N#CCOc1cccc(/C=C/C(=O)c2c(O)c3ccccc3n(I)c2=O)c1. The van der Waals surface area contributed by atoms with Gasteiger partial charge in [-0.25, -0.2) is 2.78 Å². The Hall–Kier alpha value is -3.12. The fraction of sp³-hybridized carbons (Fsp3) is 0.0500. The third-order valence-electron chi connectivity index (χ3n) is 3.83. The van der Waals surface area contributed by atoms with Crippen LogP contribution in [0, 0.1) is 11.3 Å².